The summed E-state index contributed by atoms with van der Waals surface area (Å²) < 4.78 is 45.9. The highest BCUT2D eigenvalue weighted by Crippen LogP contribution is 2.13. The van der Waals surface area contributed by atoms with Crippen molar-refractivity contribution >= 4 is 20.0 Å². The van der Waals surface area contributed by atoms with E-state index < -0.39 is 31.6 Å². The molecule has 1 heterocycles. The Morgan fingerprint density at radius 1 is 0.933 bits per heavy atom. The summed E-state index contributed by atoms with van der Waals surface area (Å²) in [7, 11) is -7.14. The van der Waals surface area contributed by atoms with E-state index in [9.17, 15) is 16.8 Å². The lowest BCUT2D eigenvalue weighted by Crippen LogP contribution is -2.39. The number of nitrogens with zero attached hydrogens (tertiary/aromatic N) is 1. The molecule has 0 unspecified atom stereocenters. The van der Waals surface area contributed by atoms with Crippen LogP contribution in [0.15, 0.2) is 0 Å². The molecule has 2 N–H and O–H groups in total. The van der Waals surface area contributed by atoms with Crippen molar-refractivity contribution in [1.29, 1.82) is 0 Å². The molecule has 15 heavy (non-hydrogen) atoms. The minimum Gasteiger partial charge on any atom is -0.229 e. The normalized spacial score (nSPS) is 20.3. The molecule has 1 aliphatic heterocycles. The Kier molecular flexibility index (Phi) is 4.10. The molecular weight excluding hydrogens is 240 g/mol. The molecule has 0 bridgehead atoms. The summed E-state index contributed by atoms with van der Waals surface area (Å²) in [4.78, 5) is 0. The molecule has 0 saturated carbocycles. The summed E-state index contributed by atoms with van der Waals surface area (Å²) in [5.74, 6) is -0.919. The van der Waals surface area contributed by atoms with Gasteiger partial charge in [0, 0.05) is 13.1 Å². The van der Waals surface area contributed by atoms with Crippen molar-refractivity contribution < 1.29 is 16.8 Å². The molecule has 6 nitrogen and oxygen atoms in total. The van der Waals surface area contributed by atoms with E-state index in [1.54, 1.807) is 0 Å². The van der Waals surface area contributed by atoms with E-state index >= 15 is 0 Å². The number of primary sulfonamides is 1. The van der Waals surface area contributed by atoms with Gasteiger partial charge in [0.2, 0.25) is 20.0 Å². The third-order valence-corrected chi connectivity index (χ3v) is 5.24. The van der Waals surface area contributed by atoms with Gasteiger partial charge in [-0.3, -0.25) is 0 Å². The van der Waals surface area contributed by atoms with Crippen molar-refractivity contribution in [3.8, 4) is 0 Å². The molecule has 8 heteroatoms. The standard InChI is InChI=1S/C7H16N2O4S2/c8-14(10,11)6-7-15(12,13)9-4-2-1-3-5-9/h1-7H2,(H2,8,10,11). The van der Waals surface area contributed by atoms with Crippen LogP contribution in [0.3, 0.4) is 0 Å². The maximum atomic E-state index is 11.6. The van der Waals surface area contributed by atoms with Crippen molar-refractivity contribution in [2.24, 2.45) is 5.14 Å². The maximum absolute atomic E-state index is 11.6. The smallest absolute Gasteiger partial charge is 0.215 e. The predicted octanol–water partition coefficient (Wildman–Crippen LogP) is -0.909. The monoisotopic (exact) mass is 256 g/mol. The molecule has 0 spiro atoms. The van der Waals surface area contributed by atoms with Crippen LogP contribution in [0.1, 0.15) is 19.3 Å². The number of hydrogen-bond donors (Lipinski definition) is 1. The topological polar surface area (TPSA) is 97.5 Å². The zero-order valence-corrected chi connectivity index (χ0v) is 10.1. The second kappa shape index (κ2) is 4.77. The van der Waals surface area contributed by atoms with E-state index in [-0.39, 0.29) is 0 Å². The van der Waals surface area contributed by atoms with Crippen molar-refractivity contribution in [2.45, 2.75) is 19.3 Å². The van der Waals surface area contributed by atoms with E-state index in [0.717, 1.165) is 19.3 Å². The Hall–Kier alpha value is -0.180. The van der Waals surface area contributed by atoms with Crippen molar-refractivity contribution in [2.75, 3.05) is 24.6 Å². The average Bonchev–Trinajstić information content (AvgIpc) is 2.16. The molecule has 0 aliphatic carbocycles. The lowest BCUT2D eigenvalue weighted by molar-refractivity contribution is 0.347. The van der Waals surface area contributed by atoms with E-state index in [1.807, 2.05) is 0 Å². The van der Waals surface area contributed by atoms with E-state index in [1.165, 1.54) is 4.31 Å². The molecule has 0 aromatic rings. The summed E-state index contributed by atoms with van der Waals surface area (Å²) in [5, 5.41) is 4.76. The van der Waals surface area contributed by atoms with Crippen LogP contribution >= 0.6 is 0 Å². The number of rotatable bonds is 4. The first-order valence-corrected chi connectivity index (χ1v) is 8.12. The van der Waals surface area contributed by atoms with Crippen LogP contribution in [0.4, 0.5) is 0 Å². The molecule has 0 radical (unpaired) electrons. The van der Waals surface area contributed by atoms with Crippen LogP contribution in [0.2, 0.25) is 0 Å². The van der Waals surface area contributed by atoms with Crippen LogP contribution < -0.4 is 5.14 Å². The lowest BCUT2D eigenvalue weighted by Gasteiger charge is -2.25. The summed E-state index contributed by atoms with van der Waals surface area (Å²) in [5.41, 5.74) is 0. The van der Waals surface area contributed by atoms with Gasteiger partial charge in [-0.25, -0.2) is 26.3 Å². The number of sulfonamides is 2. The van der Waals surface area contributed by atoms with Crippen molar-refractivity contribution in [3.05, 3.63) is 0 Å². The Labute approximate surface area is 90.5 Å². The van der Waals surface area contributed by atoms with Gasteiger partial charge in [0.25, 0.3) is 0 Å². The highest BCUT2D eigenvalue weighted by atomic mass is 32.2. The fourth-order valence-corrected chi connectivity index (χ4v) is 4.34. The average molecular weight is 256 g/mol. The zero-order valence-electron chi connectivity index (χ0n) is 8.42. The molecule has 0 atom stereocenters. The van der Waals surface area contributed by atoms with Crippen LogP contribution in [0, 0.1) is 0 Å². The van der Waals surface area contributed by atoms with Gasteiger partial charge < -0.3 is 0 Å². The number of piperidine rings is 1. The molecular formula is C7H16N2O4S2. The molecule has 1 fully saturated rings. The Morgan fingerprint density at radius 2 is 1.47 bits per heavy atom. The fraction of sp³-hybridized carbons (Fsp3) is 1.00. The molecule has 1 rings (SSSR count). The SMILES string of the molecule is NS(=O)(=O)CCS(=O)(=O)N1CCCCC1. The number of hydrogen-bond acceptors (Lipinski definition) is 4. The van der Waals surface area contributed by atoms with Gasteiger partial charge in [0.1, 0.15) is 0 Å². The Morgan fingerprint density at radius 3 is 1.93 bits per heavy atom. The highest BCUT2D eigenvalue weighted by Gasteiger charge is 2.24. The molecule has 0 aromatic heterocycles. The van der Waals surface area contributed by atoms with Gasteiger partial charge in [0.05, 0.1) is 11.5 Å². The van der Waals surface area contributed by atoms with Gasteiger partial charge in [-0.15, -0.1) is 0 Å². The van der Waals surface area contributed by atoms with Gasteiger partial charge in [-0.05, 0) is 12.8 Å². The quantitative estimate of drug-likeness (QED) is 0.704. The van der Waals surface area contributed by atoms with Gasteiger partial charge in [0.15, 0.2) is 0 Å². The fourth-order valence-electron chi connectivity index (χ4n) is 1.49. The van der Waals surface area contributed by atoms with Crippen molar-refractivity contribution in [1.82, 2.24) is 4.31 Å². The molecule has 90 valence electrons. The largest absolute Gasteiger partial charge is 0.229 e. The van der Waals surface area contributed by atoms with Gasteiger partial charge in [-0.2, -0.15) is 0 Å². The molecule has 0 aromatic carbocycles. The lowest BCUT2D eigenvalue weighted by atomic mass is 10.2. The Bertz CT molecular complexity index is 395. The first-order valence-electron chi connectivity index (χ1n) is 4.79. The zero-order chi connectivity index (χ0) is 11.5. The van der Waals surface area contributed by atoms with E-state index in [4.69, 9.17) is 5.14 Å². The minimum absolute atomic E-state index is 0.411. The summed E-state index contributed by atoms with van der Waals surface area (Å²) in [6.45, 7) is 0.986. The van der Waals surface area contributed by atoms with Crippen molar-refractivity contribution in [3.63, 3.8) is 0 Å². The van der Waals surface area contributed by atoms with E-state index in [0.29, 0.717) is 13.1 Å². The summed E-state index contributed by atoms with van der Waals surface area (Å²) >= 11 is 0. The summed E-state index contributed by atoms with van der Waals surface area (Å²) in [6.07, 6.45) is 2.71. The van der Waals surface area contributed by atoms with Gasteiger partial charge >= 0.3 is 0 Å². The van der Waals surface area contributed by atoms with Crippen LogP contribution in [0.5, 0.6) is 0 Å². The number of nitrogens with two attached hydrogens (primary N) is 1. The van der Waals surface area contributed by atoms with Gasteiger partial charge in [-0.1, -0.05) is 6.42 Å². The first-order chi connectivity index (χ1) is 6.81. The molecule has 1 aliphatic rings. The second-order valence-electron chi connectivity index (χ2n) is 3.64. The minimum atomic E-state index is -3.70. The van der Waals surface area contributed by atoms with E-state index in [2.05, 4.69) is 0 Å². The first kappa shape index (κ1) is 12.9. The van der Waals surface area contributed by atoms with Crippen LogP contribution in [-0.4, -0.2) is 45.7 Å². The highest BCUT2D eigenvalue weighted by molar-refractivity contribution is 7.92. The Balaban J connectivity index is 2.58. The predicted molar refractivity (Wildman–Crippen MR) is 57.2 cm³/mol. The third kappa shape index (κ3) is 4.45. The van der Waals surface area contributed by atoms with Crippen LogP contribution in [0.25, 0.3) is 0 Å². The molecule has 1 saturated heterocycles. The maximum Gasteiger partial charge on any atom is 0.215 e. The molecule has 0 amide bonds. The van der Waals surface area contributed by atoms with Crippen LogP contribution in [-0.2, 0) is 20.0 Å². The second-order valence-corrected chi connectivity index (χ2v) is 7.47. The summed E-state index contributed by atoms with van der Waals surface area (Å²) in [6, 6.07) is 0. The third-order valence-electron chi connectivity index (χ3n) is 2.33.